The van der Waals surface area contributed by atoms with Crippen molar-refractivity contribution in [3.63, 3.8) is 0 Å². The molecule has 2 unspecified atom stereocenters. The van der Waals surface area contributed by atoms with Gasteiger partial charge in [-0.2, -0.15) is 0 Å². The molecule has 0 heterocycles. The third-order valence-electron chi connectivity index (χ3n) is 4.10. The van der Waals surface area contributed by atoms with E-state index in [1.165, 1.54) is 44.9 Å². The van der Waals surface area contributed by atoms with Crippen molar-refractivity contribution >= 4 is 0 Å². The molecule has 2 aliphatic carbocycles. The molecule has 3 heteroatoms. The van der Waals surface area contributed by atoms with Gasteiger partial charge in [0.2, 0.25) is 0 Å². The van der Waals surface area contributed by atoms with Crippen LogP contribution in [0.2, 0.25) is 0 Å². The fourth-order valence-corrected chi connectivity index (χ4v) is 2.63. The van der Waals surface area contributed by atoms with Gasteiger partial charge in [0.25, 0.3) is 0 Å². The Hall–Kier alpha value is -0.120. The zero-order valence-electron chi connectivity index (χ0n) is 11.0. The summed E-state index contributed by atoms with van der Waals surface area (Å²) in [5.74, 6) is 1.56. The molecule has 0 aromatic heterocycles. The minimum atomic E-state index is 0.414. The second kappa shape index (κ2) is 7.34. The summed E-state index contributed by atoms with van der Waals surface area (Å²) in [4.78, 5) is 0. The van der Waals surface area contributed by atoms with E-state index in [0.29, 0.717) is 12.0 Å². The molecule has 0 saturated heterocycles. The first kappa shape index (κ1) is 13.3. The topological polar surface area (TPSA) is 47.3 Å². The first-order valence-corrected chi connectivity index (χ1v) is 7.40. The Balaban J connectivity index is 1.47. The minimum Gasteiger partial charge on any atom is -0.380 e. The van der Waals surface area contributed by atoms with E-state index in [4.69, 9.17) is 10.5 Å². The van der Waals surface area contributed by atoms with Gasteiger partial charge in [0, 0.05) is 19.2 Å². The van der Waals surface area contributed by atoms with Gasteiger partial charge >= 0.3 is 0 Å². The molecule has 100 valence electrons. The lowest BCUT2D eigenvalue weighted by Gasteiger charge is -2.21. The van der Waals surface area contributed by atoms with Crippen LogP contribution in [-0.2, 0) is 4.74 Å². The van der Waals surface area contributed by atoms with Gasteiger partial charge in [-0.15, -0.1) is 0 Å². The third-order valence-corrected chi connectivity index (χ3v) is 4.10. The zero-order chi connectivity index (χ0) is 11.9. The van der Waals surface area contributed by atoms with Crippen molar-refractivity contribution in [1.29, 1.82) is 0 Å². The number of rotatable bonds is 7. The molecule has 2 rings (SSSR count). The Morgan fingerprint density at radius 1 is 1.06 bits per heavy atom. The van der Waals surface area contributed by atoms with Crippen LogP contribution in [0.4, 0.5) is 0 Å². The minimum absolute atomic E-state index is 0.414. The number of hydrogen-bond donors (Lipinski definition) is 2. The largest absolute Gasteiger partial charge is 0.380 e. The Labute approximate surface area is 105 Å². The Morgan fingerprint density at radius 2 is 1.88 bits per heavy atom. The molecular formula is C14H28N2O. The molecule has 2 saturated carbocycles. The molecule has 0 radical (unpaired) electrons. The van der Waals surface area contributed by atoms with E-state index in [1.54, 1.807) is 0 Å². The van der Waals surface area contributed by atoms with Crippen molar-refractivity contribution in [2.24, 2.45) is 17.6 Å². The fraction of sp³-hybridized carbons (Fsp3) is 1.00. The van der Waals surface area contributed by atoms with E-state index in [9.17, 15) is 0 Å². The van der Waals surface area contributed by atoms with Gasteiger partial charge in [-0.1, -0.05) is 19.3 Å². The highest BCUT2D eigenvalue weighted by atomic mass is 16.5. The van der Waals surface area contributed by atoms with E-state index in [-0.39, 0.29) is 0 Å². The van der Waals surface area contributed by atoms with E-state index in [0.717, 1.165) is 32.2 Å². The van der Waals surface area contributed by atoms with E-state index >= 15 is 0 Å². The van der Waals surface area contributed by atoms with Crippen molar-refractivity contribution < 1.29 is 4.74 Å². The molecule has 0 aliphatic heterocycles. The third kappa shape index (κ3) is 5.36. The maximum Gasteiger partial charge on any atom is 0.0591 e. The summed E-state index contributed by atoms with van der Waals surface area (Å²) in [6.45, 7) is 3.90. The average Bonchev–Trinajstić information content (AvgIpc) is 3.13. The molecule has 3 N–H and O–H groups in total. The molecular weight excluding hydrogens is 212 g/mol. The van der Waals surface area contributed by atoms with Crippen molar-refractivity contribution in [1.82, 2.24) is 5.32 Å². The molecule has 0 aromatic rings. The quantitative estimate of drug-likeness (QED) is 0.528. The standard InChI is InChI=1S/C14H28N2O/c15-14-5-3-1-2-4-13(14)10-16-8-9-17-11-12-6-7-12/h12-14,16H,1-11,15H2. The van der Waals surface area contributed by atoms with E-state index < -0.39 is 0 Å². The van der Waals surface area contributed by atoms with Crippen LogP contribution < -0.4 is 11.1 Å². The first-order valence-electron chi connectivity index (χ1n) is 7.40. The van der Waals surface area contributed by atoms with Gasteiger partial charge in [0.15, 0.2) is 0 Å². The SMILES string of the molecule is NC1CCCCCC1CNCCOCC1CC1. The maximum absolute atomic E-state index is 6.20. The summed E-state index contributed by atoms with van der Waals surface area (Å²) in [5.41, 5.74) is 6.20. The van der Waals surface area contributed by atoms with E-state index in [2.05, 4.69) is 5.32 Å². The molecule has 0 spiro atoms. The van der Waals surface area contributed by atoms with Crippen LogP contribution in [0, 0.1) is 11.8 Å². The second-order valence-electron chi connectivity index (χ2n) is 5.78. The van der Waals surface area contributed by atoms with Crippen molar-refractivity contribution in [2.75, 3.05) is 26.3 Å². The monoisotopic (exact) mass is 240 g/mol. The summed E-state index contributed by atoms with van der Waals surface area (Å²) in [6, 6.07) is 0.414. The first-order chi connectivity index (χ1) is 8.36. The van der Waals surface area contributed by atoms with Crippen LogP contribution in [0.5, 0.6) is 0 Å². The van der Waals surface area contributed by atoms with Crippen LogP contribution in [0.25, 0.3) is 0 Å². The molecule has 0 bridgehead atoms. The molecule has 17 heavy (non-hydrogen) atoms. The van der Waals surface area contributed by atoms with Gasteiger partial charge in [-0.05, 0) is 44.1 Å². The zero-order valence-corrected chi connectivity index (χ0v) is 11.0. The van der Waals surface area contributed by atoms with Gasteiger partial charge in [0.1, 0.15) is 0 Å². The smallest absolute Gasteiger partial charge is 0.0591 e. The molecule has 3 nitrogen and oxygen atoms in total. The Morgan fingerprint density at radius 3 is 2.71 bits per heavy atom. The normalized spacial score (nSPS) is 30.2. The molecule has 0 amide bonds. The lowest BCUT2D eigenvalue weighted by atomic mass is 9.95. The van der Waals surface area contributed by atoms with Crippen LogP contribution in [0.1, 0.15) is 44.9 Å². The predicted molar refractivity (Wildman–Crippen MR) is 71.0 cm³/mol. The van der Waals surface area contributed by atoms with Gasteiger partial charge in [0.05, 0.1) is 6.61 Å². The summed E-state index contributed by atoms with van der Waals surface area (Å²) in [7, 11) is 0. The number of hydrogen-bond acceptors (Lipinski definition) is 3. The van der Waals surface area contributed by atoms with Crippen molar-refractivity contribution in [3.8, 4) is 0 Å². The summed E-state index contributed by atoms with van der Waals surface area (Å²) in [5, 5.41) is 3.50. The highest BCUT2D eigenvalue weighted by Crippen LogP contribution is 2.28. The fourth-order valence-electron chi connectivity index (χ4n) is 2.63. The lowest BCUT2D eigenvalue weighted by molar-refractivity contribution is 0.125. The Kier molecular flexibility index (Phi) is 5.75. The molecule has 2 fully saturated rings. The van der Waals surface area contributed by atoms with Crippen LogP contribution in [0.15, 0.2) is 0 Å². The number of nitrogens with one attached hydrogen (secondary N) is 1. The van der Waals surface area contributed by atoms with E-state index in [1.807, 2.05) is 0 Å². The highest BCUT2D eigenvalue weighted by Gasteiger charge is 2.21. The van der Waals surface area contributed by atoms with Gasteiger partial charge in [-0.25, -0.2) is 0 Å². The molecule has 2 atom stereocenters. The maximum atomic E-state index is 6.20. The van der Waals surface area contributed by atoms with Crippen LogP contribution >= 0.6 is 0 Å². The lowest BCUT2D eigenvalue weighted by Crippen LogP contribution is -2.37. The Bertz CT molecular complexity index is 206. The van der Waals surface area contributed by atoms with Crippen molar-refractivity contribution in [3.05, 3.63) is 0 Å². The predicted octanol–water partition coefficient (Wildman–Crippen LogP) is 1.91. The number of nitrogens with two attached hydrogens (primary N) is 1. The van der Waals surface area contributed by atoms with Crippen LogP contribution in [-0.4, -0.2) is 32.3 Å². The molecule has 2 aliphatic rings. The number of ether oxygens (including phenoxy) is 1. The summed E-state index contributed by atoms with van der Waals surface area (Å²) >= 11 is 0. The van der Waals surface area contributed by atoms with Gasteiger partial charge < -0.3 is 15.8 Å². The highest BCUT2D eigenvalue weighted by molar-refractivity contribution is 4.78. The second-order valence-corrected chi connectivity index (χ2v) is 5.78. The molecule has 0 aromatic carbocycles. The van der Waals surface area contributed by atoms with Crippen molar-refractivity contribution in [2.45, 2.75) is 51.0 Å². The summed E-state index contributed by atoms with van der Waals surface area (Å²) in [6.07, 6.45) is 9.32. The van der Waals surface area contributed by atoms with Crippen LogP contribution in [0.3, 0.4) is 0 Å². The van der Waals surface area contributed by atoms with Gasteiger partial charge in [-0.3, -0.25) is 0 Å². The average molecular weight is 240 g/mol. The summed E-state index contributed by atoms with van der Waals surface area (Å²) < 4.78 is 5.60.